The monoisotopic (exact) mass is 374 g/mol. The summed E-state index contributed by atoms with van der Waals surface area (Å²) in [4.78, 5) is 7.92. The Bertz CT molecular complexity index is 947. The third-order valence-corrected chi connectivity index (χ3v) is 4.42. The van der Waals surface area contributed by atoms with Crippen LogP contribution in [0.1, 0.15) is 16.7 Å². The fraction of sp³-hybridized carbons (Fsp3) is 0.158. The maximum atomic E-state index is 14.0. The minimum Gasteiger partial charge on any atom is -0.381 e. The number of nitrogens with two attached hydrogens (primary N) is 1. The van der Waals surface area contributed by atoms with Crippen LogP contribution in [0.25, 0.3) is 0 Å². The van der Waals surface area contributed by atoms with Crippen molar-refractivity contribution < 1.29 is 8.78 Å². The second kappa shape index (κ2) is 7.66. The summed E-state index contributed by atoms with van der Waals surface area (Å²) < 4.78 is 28.0. The molecule has 7 heteroatoms. The number of hydrogen-bond donors (Lipinski definition) is 2. The first kappa shape index (κ1) is 18.1. The largest absolute Gasteiger partial charge is 0.381 e. The van der Waals surface area contributed by atoms with Gasteiger partial charge in [-0.25, -0.2) is 13.8 Å². The average molecular weight is 375 g/mol. The number of hydrogen-bond acceptors (Lipinski definition) is 4. The maximum Gasteiger partial charge on any atom is 0.168 e. The van der Waals surface area contributed by atoms with E-state index in [4.69, 9.17) is 17.3 Å². The summed E-state index contributed by atoms with van der Waals surface area (Å²) in [5.41, 5.74) is 8.83. The molecule has 0 spiro atoms. The Morgan fingerprint density at radius 3 is 2.62 bits per heavy atom. The molecule has 1 aromatic carbocycles. The predicted octanol–water partition coefficient (Wildman–Crippen LogP) is 4.83. The first-order valence-electron chi connectivity index (χ1n) is 8.00. The number of aryl methyl sites for hydroxylation is 2. The molecule has 3 rings (SSSR count). The van der Waals surface area contributed by atoms with Crippen LogP contribution in [0.5, 0.6) is 0 Å². The normalized spacial score (nSPS) is 10.8. The molecule has 4 nitrogen and oxygen atoms in total. The van der Waals surface area contributed by atoms with Gasteiger partial charge < -0.3 is 11.1 Å². The summed E-state index contributed by atoms with van der Waals surface area (Å²) in [7, 11) is 0. The highest BCUT2D eigenvalue weighted by molar-refractivity contribution is 6.30. The number of nitrogens with one attached hydrogen (secondary N) is 1. The van der Waals surface area contributed by atoms with Gasteiger partial charge in [0.05, 0.1) is 17.6 Å². The molecule has 0 fully saturated rings. The number of aromatic nitrogens is 2. The molecule has 0 saturated carbocycles. The van der Waals surface area contributed by atoms with Gasteiger partial charge in [0.2, 0.25) is 0 Å². The molecule has 0 atom stereocenters. The molecule has 0 radical (unpaired) electrons. The van der Waals surface area contributed by atoms with Gasteiger partial charge in [-0.15, -0.1) is 0 Å². The van der Waals surface area contributed by atoms with Crippen molar-refractivity contribution in [3.8, 4) is 0 Å². The smallest absolute Gasteiger partial charge is 0.168 e. The van der Waals surface area contributed by atoms with E-state index in [1.54, 1.807) is 30.6 Å². The van der Waals surface area contributed by atoms with Crippen LogP contribution in [0.2, 0.25) is 5.02 Å². The molecule has 0 unspecified atom stereocenters. The molecule has 26 heavy (non-hydrogen) atoms. The van der Waals surface area contributed by atoms with Crippen LogP contribution in [0.15, 0.2) is 42.9 Å². The van der Waals surface area contributed by atoms with Crippen LogP contribution in [0.4, 0.5) is 26.0 Å². The van der Waals surface area contributed by atoms with Crippen molar-refractivity contribution in [1.82, 2.24) is 9.97 Å². The lowest BCUT2D eigenvalue weighted by molar-refractivity contribution is 0.608. The molecule has 0 aliphatic carbocycles. The average Bonchev–Trinajstić information content (AvgIpc) is 2.61. The van der Waals surface area contributed by atoms with Gasteiger partial charge in [-0.1, -0.05) is 11.6 Å². The van der Waals surface area contributed by atoms with Gasteiger partial charge in [-0.05, 0) is 60.7 Å². The van der Waals surface area contributed by atoms with Gasteiger partial charge >= 0.3 is 0 Å². The highest BCUT2D eigenvalue weighted by Gasteiger charge is 2.11. The molecule has 0 aliphatic rings. The lowest BCUT2D eigenvalue weighted by Gasteiger charge is -2.14. The van der Waals surface area contributed by atoms with E-state index >= 15 is 0 Å². The first-order valence-corrected chi connectivity index (χ1v) is 8.38. The minimum absolute atomic E-state index is 0.106. The Kier molecular flexibility index (Phi) is 5.32. The van der Waals surface area contributed by atoms with Crippen LogP contribution in [0.3, 0.4) is 0 Å². The van der Waals surface area contributed by atoms with Crippen molar-refractivity contribution in [3.63, 3.8) is 0 Å². The van der Waals surface area contributed by atoms with Crippen molar-refractivity contribution in [2.24, 2.45) is 0 Å². The van der Waals surface area contributed by atoms with Crippen molar-refractivity contribution in [2.45, 2.75) is 19.8 Å². The van der Waals surface area contributed by atoms with E-state index < -0.39 is 11.6 Å². The molecular formula is C19H17ClF2N4. The van der Waals surface area contributed by atoms with E-state index in [1.165, 1.54) is 12.3 Å². The van der Waals surface area contributed by atoms with Crippen LogP contribution in [0, 0.1) is 18.6 Å². The molecule has 134 valence electrons. The molecule has 2 aromatic heterocycles. The van der Waals surface area contributed by atoms with Crippen molar-refractivity contribution in [3.05, 3.63) is 76.2 Å². The van der Waals surface area contributed by atoms with Crippen LogP contribution < -0.4 is 11.1 Å². The number of pyridine rings is 2. The fourth-order valence-electron chi connectivity index (χ4n) is 2.65. The van der Waals surface area contributed by atoms with Gasteiger partial charge in [-0.3, -0.25) is 4.98 Å². The molecule has 0 bridgehead atoms. The van der Waals surface area contributed by atoms with E-state index in [2.05, 4.69) is 15.3 Å². The van der Waals surface area contributed by atoms with Gasteiger partial charge in [0.25, 0.3) is 0 Å². The topological polar surface area (TPSA) is 63.8 Å². The van der Waals surface area contributed by atoms with Crippen molar-refractivity contribution in [1.29, 1.82) is 0 Å². The second-order valence-electron chi connectivity index (χ2n) is 5.89. The lowest BCUT2D eigenvalue weighted by Crippen LogP contribution is -2.04. The number of anilines is 3. The summed E-state index contributed by atoms with van der Waals surface area (Å²) in [5.74, 6) is -1.04. The number of rotatable bonds is 5. The Morgan fingerprint density at radius 2 is 1.85 bits per heavy atom. The molecule has 3 aromatic rings. The fourth-order valence-corrected chi connectivity index (χ4v) is 2.81. The molecule has 0 aliphatic heterocycles. The quantitative estimate of drug-likeness (QED) is 0.671. The standard InChI is InChI=1S/C19H17ClF2N4/c1-11-13(3-2-12-6-7-25-19(23)18(12)22)9-24-10-17(11)26-16-5-4-14(20)8-15(16)21/h4-10,26H,2-3H2,1H3,(H2,23,25). The van der Waals surface area contributed by atoms with Crippen LogP contribution in [-0.4, -0.2) is 9.97 Å². The zero-order chi connectivity index (χ0) is 18.7. The van der Waals surface area contributed by atoms with E-state index in [1.807, 2.05) is 6.92 Å². The van der Waals surface area contributed by atoms with E-state index in [0.717, 1.165) is 11.1 Å². The first-order chi connectivity index (χ1) is 12.5. The van der Waals surface area contributed by atoms with Crippen LogP contribution >= 0.6 is 11.6 Å². The molecule has 0 amide bonds. The summed E-state index contributed by atoms with van der Waals surface area (Å²) in [5, 5.41) is 3.36. The van der Waals surface area contributed by atoms with E-state index in [9.17, 15) is 8.78 Å². The zero-order valence-corrected chi connectivity index (χ0v) is 14.8. The summed E-state index contributed by atoms with van der Waals surface area (Å²) in [6.07, 6.45) is 5.86. The van der Waals surface area contributed by atoms with Crippen molar-refractivity contribution in [2.75, 3.05) is 11.1 Å². The number of benzene rings is 1. The SMILES string of the molecule is Cc1c(CCc2ccnc(N)c2F)cncc1Nc1ccc(Cl)cc1F. The van der Waals surface area contributed by atoms with Crippen LogP contribution in [-0.2, 0) is 12.8 Å². The van der Waals surface area contributed by atoms with Gasteiger partial charge in [0.15, 0.2) is 11.6 Å². The second-order valence-corrected chi connectivity index (χ2v) is 6.33. The van der Waals surface area contributed by atoms with Gasteiger partial charge in [0, 0.05) is 17.4 Å². The highest BCUT2D eigenvalue weighted by Crippen LogP contribution is 2.26. The predicted molar refractivity (Wildman–Crippen MR) is 99.7 cm³/mol. The minimum atomic E-state index is -0.490. The number of halogens is 3. The molecule has 3 N–H and O–H groups in total. The number of nitrogens with zero attached hydrogens (tertiary/aromatic N) is 2. The molecular weight excluding hydrogens is 358 g/mol. The van der Waals surface area contributed by atoms with E-state index in [-0.39, 0.29) is 5.82 Å². The number of nitrogen functional groups attached to an aromatic ring is 1. The van der Waals surface area contributed by atoms with E-state index in [0.29, 0.717) is 34.8 Å². The molecule has 0 saturated heterocycles. The third kappa shape index (κ3) is 3.91. The zero-order valence-electron chi connectivity index (χ0n) is 14.1. The van der Waals surface area contributed by atoms with Gasteiger partial charge in [0.1, 0.15) is 5.82 Å². The Hall–Kier alpha value is -2.73. The lowest BCUT2D eigenvalue weighted by atomic mass is 10.0. The maximum absolute atomic E-state index is 14.0. The Morgan fingerprint density at radius 1 is 1.08 bits per heavy atom. The Labute approximate surface area is 155 Å². The summed E-state index contributed by atoms with van der Waals surface area (Å²) >= 11 is 5.78. The third-order valence-electron chi connectivity index (χ3n) is 4.18. The summed E-state index contributed by atoms with van der Waals surface area (Å²) in [6.45, 7) is 1.91. The molecule has 2 heterocycles. The van der Waals surface area contributed by atoms with Crippen molar-refractivity contribution >= 4 is 28.8 Å². The highest BCUT2D eigenvalue weighted by atomic mass is 35.5. The van der Waals surface area contributed by atoms with Gasteiger partial charge in [-0.2, -0.15) is 0 Å². The summed E-state index contributed by atoms with van der Waals surface area (Å²) in [6, 6.07) is 6.03. The Balaban J connectivity index is 1.79.